The van der Waals surface area contributed by atoms with E-state index in [1.807, 2.05) is 70.7 Å². The van der Waals surface area contributed by atoms with E-state index in [4.69, 9.17) is 4.74 Å². The molecule has 0 aromatic carbocycles. The summed E-state index contributed by atoms with van der Waals surface area (Å²) in [6.45, 7) is 17.0. The number of carbonyl (C=O) groups is 5. The Morgan fingerprint density at radius 2 is 1.69 bits per heavy atom. The number of hydrogen-bond donors (Lipinski definition) is 5. The summed E-state index contributed by atoms with van der Waals surface area (Å²) in [7, 11) is 0. The molecule has 0 aliphatic carbocycles. The summed E-state index contributed by atoms with van der Waals surface area (Å²) >= 11 is 1.90. The van der Waals surface area contributed by atoms with Gasteiger partial charge in [-0.2, -0.15) is 11.8 Å². The lowest BCUT2D eigenvalue weighted by Gasteiger charge is -2.25. The van der Waals surface area contributed by atoms with Crippen LogP contribution < -0.4 is 21.3 Å². The molecule has 11 nitrogen and oxygen atoms in total. The topological polar surface area (TPSA) is 163 Å². The van der Waals surface area contributed by atoms with Crippen LogP contribution in [0.2, 0.25) is 0 Å². The van der Waals surface area contributed by atoms with E-state index in [-0.39, 0.29) is 65.5 Å². The summed E-state index contributed by atoms with van der Waals surface area (Å²) in [6.07, 6.45) is 25.5. The smallest absolute Gasteiger partial charge is 0.331 e. The molecule has 3 rings (SSSR count). The SMILES string of the molecule is CCC(=C/[C@H](C)C/C=C/C(C)=C/[C@@H](C)C(=O)[C@@H](C)[C@H](O)[C@@H](C)C/C(C)=C/C(=O)NCCCCCCNC(=O)CCCC[C@@H]1SC[C@@H]2NC(=O)N[C@@H]21)/C=C/[C@H]1OC(=O)C=C[C@@H]1C. The molecule has 340 valence electrons. The third kappa shape index (κ3) is 18.9. The molecule has 0 aromatic heterocycles. The second-order valence-electron chi connectivity index (χ2n) is 17.7. The normalized spacial score (nSPS) is 24.5. The number of unbranched alkanes of at least 4 members (excludes halogenated alkanes) is 4. The van der Waals surface area contributed by atoms with Gasteiger partial charge in [0.15, 0.2) is 0 Å². The highest BCUT2D eigenvalue weighted by Crippen LogP contribution is 2.33. The number of thioether (sulfide) groups is 1. The van der Waals surface area contributed by atoms with Gasteiger partial charge < -0.3 is 31.1 Å². The largest absolute Gasteiger partial charge is 0.454 e. The summed E-state index contributed by atoms with van der Waals surface area (Å²) in [5, 5.41) is 23.5. The number of esters is 1. The zero-order valence-electron chi connectivity index (χ0n) is 38.2. The van der Waals surface area contributed by atoms with Crippen LogP contribution in [0.3, 0.4) is 0 Å². The summed E-state index contributed by atoms with van der Waals surface area (Å²) in [5.41, 5.74) is 3.04. The molecule has 0 saturated carbocycles. The fraction of sp³-hybridized carbons (Fsp3) is 0.653. The molecule has 61 heavy (non-hydrogen) atoms. The lowest BCUT2D eigenvalue weighted by Crippen LogP contribution is -2.36. The Kier molecular flexibility index (Phi) is 23.0. The zero-order chi connectivity index (χ0) is 44.9. The second kappa shape index (κ2) is 27.2. The Balaban J connectivity index is 1.26. The van der Waals surface area contributed by atoms with Crippen LogP contribution in [0.4, 0.5) is 4.79 Å². The van der Waals surface area contributed by atoms with E-state index in [9.17, 15) is 29.1 Å². The number of cyclic esters (lactones) is 1. The average Bonchev–Trinajstić information content (AvgIpc) is 3.77. The highest BCUT2D eigenvalue weighted by atomic mass is 32.2. The number of ketones is 1. The average molecular weight is 865 g/mol. The number of allylic oxidation sites excluding steroid dienone is 8. The van der Waals surface area contributed by atoms with Gasteiger partial charge >= 0.3 is 12.0 Å². The van der Waals surface area contributed by atoms with Gasteiger partial charge in [0, 0.05) is 60.4 Å². The van der Waals surface area contributed by atoms with E-state index >= 15 is 0 Å². The zero-order valence-corrected chi connectivity index (χ0v) is 39.0. The van der Waals surface area contributed by atoms with Gasteiger partial charge in [-0.1, -0.05) is 114 Å². The standard InChI is InChI=1S/C49H76N4O7S/c1-9-39(22-23-41-35(5)21-24-45(56)60-41)29-33(3)18-16-17-32(2)27-36(6)47(57)38(8)48(58)37(7)28-34(4)30-44(55)51-26-15-11-10-14-25-50-43(54)20-13-12-19-42-46-40(31-61-42)52-49(59)53-46/h16-17,21-24,27,29-30,33,35-38,40-42,46,48,58H,9-15,18-20,25-26,28,31H2,1-8H3,(H,50,54)(H,51,55)(H2,52,53,59)/b17-16+,23-22+,32-27+,34-30+,39-29-/t33-,35+,36-,37+,38-,40+,41-,42+,46+,48-/m1/s1. The number of carbonyl (C=O) groups excluding carboxylic acids is 5. The Bertz CT molecular complexity index is 1650. The van der Waals surface area contributed by atoms with Gasteiger partial charge in [-0.25, -0.2) is 9.59 Å². The van der Waals surface area contributed by atoms with Crippen molar-refractivity contribution in [2.45, 2.75) is 156 Å². The number of fused-ring (bicyclic) bond motifs is 1. The maximum Gasteiger partial charge on any atom is 0.331 e. The van der Waals surface area contributed by atoms with Gasteiger partial charge in [0.25, 0.3) is 0 Å². The Labute approximate surface area is 370 Å². The van der Waals surface area contributed by atoms with E-state index in [0.29, 0.717) is 37.1 Å². The first-order valence-electron chi connectivity index (χ1n) is 22.8. The maximum absolute atomic E-state index is 13.3. The number of hydrogen-bond acceptors (Lipinski definition) is 8. The van der Waals surface area contributed by atoms with Crippen molar-refractivity contribution in [2.75, 3.05) is 18.8 Å². The quantitative estimate of drug-likeness (QED) is 0.0182. The van der Waals surface area contributed by atoms with E-state index in [0.717, 1.165) is 74.7 Å². The van der Waals surface area contributed by atoms with Crippen LogP contribution in [-0.4, -0.2) is 83.1 Å². The third-order valence-corrected chi connectivity index (χ3v) is 13.4. The van der Waals surface area contributed by atoms with Crippen molar-refractivity contribution in [3.63, 3.8) is 0 Å². The van der Waals surface area contributed by atoms with Crippen LogP contribution in [0.5, 0.6) is 0 Å². The van der Waals surface area contributed by atoms with Crippen LogP contribution in [0.1, 0.15) is 126 Å². The van der Waals surface area contributed by atoms with Crippen LogP contribution in [0.15, 0.2) is 71.4 Å². The number of urea groups is 1. The minimum Gasteiger partial charge on any atom is -0.454 e. The van der Waals surface area contributed by atoms with Crippen molar-refractivity contribution in [1.29, 1.82) is 0 Å². The molecule has 10 atom stereocenters. The van der Waals surface area contributed by atoms with E-state index in [2.05, 4.69) is 53.3 Å². The van der Waals surface area contributed by atoms with Crippen molar-refractivity contribution < 1.29 is 33.8 Å². The molecule has 0 radical (unpaired) electrons. The minimum absolute atomic E-state index is 0.0128. The van der Waals surface area contributed by atoms with Gasteiger partial charge in [-0.05, 0) is 76.7 Å². The van der Waals surface area contributed by atoms with Gasteiger partial charge in [-0.15, -0.1) is 0 Å². The molecule has 5 N–H and O–H groups in total. The fourth-order valence-electron chi connectivity index (χ4n) is 8.22. The summed E-state index contributed by atoms with van der Waals surface area (Å²) in [4.78, 5) is 61.3. The highest BCUT2D eigenvalue weighted by molar-refractivity contribution is 8.00. The van der Waals surface area contributed by atoms with Crippen LogP contribution >= 0.6 is 11.8 Å². The number of aliphatic hydroxyl groups excluding tert-OH is 1. The Morgan fingerprint density at radius 3 is 2.41 bits per heavy atom. The summed E-state index contributed by atoms with van der Waals surface area (Å²) in [5.74, 6) is -0.0775. The van der Waals surface area contributed by atoms with E-state index in [1.54, 1.807) is 13.0 Å². The number of rotatable bonds is 27. The van der Waals surface area contributed by atoms with Crippen molar-refractivity contribution >= 4 is 41.4 Å². The molecule has 0 unspecified atom stereocenters. The summed E-state index contributed by atoms with van der Waals surface area (Å²) < 4.78 is 5.43. The van der Waals surface area contributed by atoms with Gasteiger partial charge in [0.1, 0.15) is 11.9 Å². The van der Waals surface area contributed by atoms with Gasteiger partial charge in [0.2, 0.25) is 11.8 Å². The van der Waals surface area contributed by atoms with E-state index < -0.39 is 12.0 Å². The fourth-order valence-corrected chi connectivity index (χ4v) is 9.77. The maximum atomic E-state index is 13.3. The van der Waals surface area contributed by atoms with E-state index in [1.165, 1.54) is 11.6 Å². The number of amides is 4. The first kappa shape index (κ1) is 51.5. The summed E-state index contributed by atoms with van der Waals surface area (Å²) in [6, 6.07) is 0.387. The Hall–Kier alpha value is -3.90. The molecular formula is C49H76N4O7S. The molecule has 4 amide bonds. The molecule has 3 aliphatic rings. The van der Waals surface area contributed by atoms with Gasteiger partial charge in [0.05, 0.1) is 18.2 Å². The van der Waals surface area contributed by atoms with Crippen LogP contribution in [0, 0.1) is 29.6 Å². The monoisotopic (exact) mass is 865 g/mol. The minimum atomic E-state index is -0.833. The van der Waals surface area contributed by atoms with Crippen molar-refractivity contribution in [1.82, 2.24) is 21.3 Å². The molecular weight excluding hydrogens is 789 g/mol. The van der Waals surface area contributed by atoms with Crippen LogP contribution in [-0.2, 0) is 23.9 Å². The lowest BCUT2D eigenvalue weighted by atomic mass is 9.83. The number of Topliss-reactive ketones (excluding diaryl/α,β-unsaturated/α-hetero) is 1. The van der Waals surface area contributed by atoms with Crippen molar-refractivity contribution in [3.8, 4) is 0 Å². The van der Waals surface area contributed by atoms with Gasteiger partial charge in [-0.3, -0.25) is 14.4 Å². The number of aliphatic hydroxyl groups is 1. The molecule has 12 heteroatoms. The lowest BCUT2D eigenvalue weighted by molar-refractivity contribution is -0.143. The molecule has 0 spiro atoms. The number of ether oxygens (including phenoxy) is 1. The highest BCUT2D eigenvalue weighted by Gasteiger charge is 2.42. The molecule has 2 fully saturated rings. The molecule has 2 saturated heterocycles. The third-order valence-electron chi connectivity index (χ3n) is 11.9. The molecule has 0 bridgehead atoms. The first-order valence-corrected chi connectivity index (χ1v) is 23.9. The van der Waals surface area contributed by atoms with Crippen molar-refractivity contribution in [2.24, 2.45) is 29.6 Å². The number of nitrogens with one attached hydrogen (secondary N) is 4. The molecule has 3 aliphatic heterocycles. The van der Waals surface area contributed by atoms with Crippen LogP contribution in [0.25, 0.3) is 0 Å². The Morgan fingerprint density at radius 1 is 0.967 bits per heavy atom. The molecule has 0 aromatic rings. The van der Waals surface area contributed by atoms with Crippen molar-refractivity contribution in [3.05, 3.63) is 71.4 Å². The molecule has 3 heterocycles. The predicted molar refractivity (Wildman–Crippen MR) is 248 cm³/mol. The first-order chi connectivity index (χ1) is 29.1. The predicted octanol–water partition coefficient (Wildman–Crippen LogP) is 8.22. The second-order valence-corrected chi connectivity index (χ2v) is 18.9.